The highest BCUT2D eigenvalue weighted by Gasteiger charge is 2.25. The van der Waals surface area contributed by atoms with Crippen molar-refractivity contribution in [3.05, 3.63) is 43.9 Å². The van der Waals surface area contributed by atoms with Gasteiger partial charge in [0.05, 0.1) is 35.9 Å². The normalized spacial score (nSPS) is 10.4. The molecular weight excluding hydrogens is 348 g/mol. The monoisotopic (exact) mass is 366 g/mol. The minimum Gasteiger partial charge on any atom is -0.493 e. The Morgan fingerprint density at radius 1 is 1.28 bits per heavy atom. The summed E-state index contributed by atoms with van der Waals surface area (Å²) in [6, 6.07) is 2.38. The van der Waals surface area contributed by atoms with Crippen LogP contribution < -0.4 is 9.47 Å². The molecule has 9 heteroatoms. The maximum atomic E-state index is 12.3. The molecule has 0 saturated heterocycles. The van der Waals surface area contributed by atoms with Crippen molar-refractivity contribution in [1.82, 2.24) is 4.98 Å². The molecule has 2 rings (SSSR count). The molecule has 0 aliphatic rings. The molecule has 0 unspecified atom stereocenters. The summed E-state index contributed by atoms with van der Waals surface area (Å²) in [5, 5.41) is 14.0. The fourth-order valence-corrected chi connectivity index (χ4v) is 3.03. The van der Waals surface area contributed by atoms with Crippen molar-refractivity contribution in [2.24, 2.45) is 0 Å². The number of aromatic nitrogens is 1. The van der Waals surface area contributed by atoms with Crippen molar-refractivity contribution in [2.45, 2.75) is 26.4 Å². The number of esters is 1. The van der Waals surface area contributed by atoms with Gasteiger partial charge in [-0.05, 0) is 12.8 Å². The summed E-state index contributed by atoms with van der Waals surface area (Å²) in [5.74, 6) is -0.453. The SMILES string of the molecule is CCCc1nc(COC(=O)c2cc(OC)c(OC)cc2[N+](=O)[O-])cs1. The van der Waals surface area contributed by atoms with Gasteiger partial charge in [0.25, 0.3) is 5.69 Å². The van der Waals surface area contributed by atoms with E-state index in [9.17, 15) is 14.9 Å². The Kier molecular flexibility index (Phi) is 6.29. The Balaban J connectivity index is 2.20. The largest absolute Gasteiger partial charge is 0.493 e. The van der Waals surface area contributed by atoms with Crippen LogP contribution in [0.3, 0.4) is 0 Å². The molecule has 134 valence electrons. The summed E-state index contributed by atoms with van der Waals surface area (Å²) >= 11 is 1.49. The zero-order chi connectivity index (χ0) is 18.4. The van der Waals surface area contributed by atoms with E-state index in [4.69, 9.17) is 14.2 Å². The molecule has 25 heavy (non-hydrogen) atoms. The van der Waals surface area contributed by atoms with Crippen LogP contribution in [0.1, 0.15) is 34.4 Å². The molecule has 0 spiro atoms. The van der Waals surface area contributed by atoms with Gasteiger partial charge in [0, 0.05) is 11.4 Å². The number of carbonyl (C=O) groups excluding carboxylic acids is 1. The zero-order valence-electron chi connectivity index (χ0n) is 14.1. The minimum atomic E-state index is -0.822. The number of nitro benzene ring substituents is 1. The smallest absolute Gasteiger partial charge is 0.345 e. The summed E-state index contributed by atoms with van der Waals surface area (Å²) in [4.78, 5) is 27.2. The topological polar surface area (TPSA) is 101 Å². The summed E-state index contributed by atoms with van der Waals surface area (Å²) in [6.07, 6.45) is 1.84. The first kappa shape index (κ1) is 18.7. The standard InChI is InChI=1S/C16H18N2O6S/c1-4-5-15-17-10(9-25-15)8-24-16(19)11-6-13(22-2)14(23-3)7-12(11)18(20)21/h6-7,9H,4-5,8H2,1-3H3. The number of aryl methyl sites for hydroxylation is 1. The lowest BCUT2D eigenvalue weighted by atomic mass is 10.1. The molecular formula is C16H18N2O6S. The van der Waals surface area contributed by atoms with E-state index < -0.39 is 16.6 Å². The third kappa shape index (κ3) is 4.44. The molecule has 0 radical (unpaired) electrons. The number of thiazole rings is 1. The number of carbonyl (C=O) groups is 1. The number of ether oxygens (including phenoxy) is 3. The summed E-state index contributed by atoms with van der Waals surface area (Å²) in [6.45, 7) is 2.00. The van der Waals surface area contributed by atoms with Crippen molar-refractivity contribution in [3.8, 4) is 11.5 Å². The number of hydrogen-bond acceptors (Lipinski definition) is 8. The van der Waals surface area contributed by atoms with Crippen LogP contribution >= 0.6 is 11.3 Å². The van der Waals surface area contributed by atoms with E-state index in [1.165, 1.54) is 31.6 Å². The molecule has 0 saturated carbocycles. The van der Waals surface area contributed by atoms with Gasteiger partial charge in [0.15, 0.2) is 11.5 Å². The molecule has 0 N–H and O–H groups in total. The van der Waals surface area contributed by atoms with Crippen molar-refractivity contribution >= 4 is 23.0 Å². The third-order valence-electron chi connectivity index (χ3n) is 3.33. The average molecular weight is 366 g/mol. The second-order valence-electron chi connectivity index (χ2n) is 5.04. The van der Waals surface area contributed by atoms with E-state index in [-0.39, 0.29) is 23.7 Å². The molecule has 0 amide bonds. The van der Waals surface area contributed by atoms with Crippen LogP contribution in [-0.2, 0) is 17.8 Å². The Bertz CT molecular complexity index is 774. The molecule has 0 bridgehead atoms. The third-order valence-corrected chi connectivity index (χ3v) is 4.29. The minimum absolute atomic E-state index is 0.0510. The van der Waals surface area contributed by atoms with Gasteiger partial charge in [0.2, 0.25) is 0 Å². The van der Waals surface area contributed by atoms with E-state index in [0.717, 1.165) is 23.9 Å². The second-order valence-corrected chi connectivity index (χ2v) is 5.98. The molecule has 0 fully saturated rings. The number of hydrogen-bond donors (Lipinski definition) is 0. The van der Waals surface area contributed by atoms with Crippen molar-refractivity contribution < 1.29 is 23.9 Å². The van der Waals surface area contributed by atoms with Crippen LogP contribution in [0.2, 0.25) is 0 Å². The highest BCUT2D eigenvalue weighted by atomic mass is 32.1. The van der Waals surface area contributed by atoms with Crippen LogP contribution in [0.25, 0.3) is 0 Å². The molecule has 1 heterocycles. The lowest BCUT2D eigenvalue weighted by molar-refractivity contribution is -0.385. The zero-order valence-corrected chi connectivity index (χ0v) is 14.9. The molecule has 0 aliphatic heterocycles. The van der Waals surface area contributed by atoms with E-state index in [1.807, 2.05) is 0 Å². The Labute approximate surface area is 148 Å². The number of nitrogens with zero attached hydrogens (tertiary/aromatic N) is 2. The summed E-state index contributed by atoms with van der Waals surface area (Å²) in [5.41, 5.74) is 0.00388. The molecule has 8 nitrogen and oxygen atoms in total. The highest BCUT2D eigenvalue weighted by molar-refractivity contribution is 7.09. The van der Waals surface area contributed by atoms with Gasteiger partial charge in [-0.2, -0.15) is 0 Å². The van der Waals surface area contributed by atoms with Gasteiger partial charge in [-0.25, -0.2) is 9.78 Å². The Hall–Kier alpha value is -2.68. The summed E-state index contributed by atoms with van der Waals surface area (Å²) in [7, 11) is 2.74. The van der Waals surface area contributed by atoms with Crippen LogP contribution in [0.5, 0.6) is 11.5 Å². The molecule has 0 atom stereocenters. The number of benzene rings is 1. The average Bonchev–Trinajstić information content (AvgIpc) is 3.06. The van der Waals surface area contributed by atoms with Crippen molar-refractivity contribution in [3.63, 3.8) is 0 Å². The van der Waals surface area contributed by atoms with Gasteiger partial charge < -0.3 is 14.2 Å². The lowest BCUT2D eigenvalue weighted by Crippen LogP contribution is -2.09. The van der Waals surface area contributed by atoms with Crippen LogP contribution in [0, 0.1) is 10.1 Å². The van der Waals surface area contributed by atoms with Crippen LogP contribution in [0.15, 0.2) is 17.5 Å². The van der Waals surface area contributed by atoms with E-state index >= 15 is 0 Å². The quantitative estimate of drug-likeness (QED) is 0.401. The maximum absolute atomic E-state index is 12.3. The van der Waals surface area contributed by atoms with Crippen molar-refractivity contribution in [2.75, 3.05) is 14.2 Å². The number of methoxy groups -OCH3 is 2. The van der Waals surface area contributed by atoms with E-state index in [2.05, 4.69) is 11.9 Å². The first-order valence-electron chi connectivity index (χ1n) is 7.51. The van der Waals surface area contributed by atoms with Gasteiger partial charge in [-0.15, -0.1) is 11.3 Å². The van der Waals surface area contributed by atoms with Crippen LogP contribution in [0.4, 0.5) is 5.69 Å². The Morgan fingerprint density at radius 2 is 1.96 bits per heavy atom. The number of rotatable bonds is 8. The molecule has 0 aliphatic carbocycles. The summed E-state index contributed by atoms with van der Waals surface area (Å²) < 4.78 is 15.3. The number of nitro groups is 1. The van der Waals surface area contributed by atoms with E-state index in [1.54, 1.807) is 5.38 Å². The molecule has 1 aromatic carbocycles. The van der Waals surface area contributed by atoms with Crippen molar-refractivity contribution in [1.29, 1.82) is 0 Å². The van der Waals surface area contributed by atoms with Gasteiger partial charge in [0.1, 0.15) is 12.2 Å². The van der Waals surface area contributed by atoms with Crippen LogP contribution in [-0.4, -0.2) is 30.1 Å². The predicted molar refractivity (Wildman–Crippen MR) is 91.4 cm³/mol. The molecule has 2 aromatic rings. The lowest BCUT2D eigenvalue weighted by Gasteiger charge is -2.10. The Morgan fingerprint density at radius 3 is 2.56 bits per heavy atom. The first-order chi connectivity index (χ1) is 12.0. The molecule has 1 aromatic heterocycles. The maximum Gasteiger partial charge on any atom is 0.345 e. The fourth-order valence-electron chi connectivity index (χ4n) is 2.14. The van der Waals surface area contributed by atoms with Gasteiger partial charge in [-0.3, -0.25) is 10.1 Å². The van der Waals surface area contributed by atoms with E-state index in [0.29, 0.717) is 5.69 Å². The van der Waals surface area contributed by atoms with Gasteiger partial charge in [-0.1, -0.05) is 6.92 Å². The highest BCUT2D eigenvalue weighted by Crippen LogP contribution is 2.34. The first-order valence-corrected chi connectivity index (χ1v) is 8.38. The predicted octanol–water partition coefficient (Wildman–Crippen LogP) is 3.38. The fraction of sp³-hybridized carbons (Fsp3) is 0.375. The van der Waals surface area contributed by atoms with Gasteiger partial charge >= 0.3 is 5.97 Å². The second kappa shape index (κ2) is 8.43.